The molecule has 19 heavy (non-hydrogen) atoms. The van der Waals surface area contributed by atoms with Crippen LogP contribution in [0.5, 0.6) is 11.5 Å². The van der Waals surface area contributed by atoms with E-state index >= 15 is 0 Å². The second-order valence-corrected chi connectivity index (χ2v) is 4.21. The normalized spacial score (nSPS) is 13.9. The standard InChI is InChI=1S/C14H22O5/c1-4-18-8-12(16)9-19-13-6-5-11(10(2)15)7-14(13)17-3/h5-7,10,12,15-16H,4,8-9H2,1-3H3/t10-,12?/m0/s1. The Morgan fingerprint density at radius 2 is 1.89 bits per heavy atom. The molecule has 5 heteroatoms. The van der Waals surface area contributed by atoms with Gasteiger partial charge in [0.05, 0.1) is 19.8 Å². The van der Waals surface area contributed by atoms with Gasteiger partial charge in [0.25, 0.3) is 0 Å². The minimum absolute atomic E-state index is 0.129. The van der Waals surface area contributed by atoms with Gasteiger partial charge in [0.1, 0.15) is 12.7 Å². The number of hydrogen-bond acceptors (Lipinski definition) is 5. The molecule has 2 N–H and O–H groups in total. The fourth-order valence-corrected chi connectivity index (χ4v) is 1.55. The first kappa shape index (κ1) is 15.8. The van der Waals surface area contributed by atoms with E-state index in [0.29, 0.717) is 18.1 Å². The summed E-state index contributed by atoms with van der Waals surface area (Å²) in [6.45, 7) is 4.48. The van der Waals surface area contributed by atoms with Crippen LogP contribution in [-0.2, 0) is 4.74 Å². The summed E-state index contributed by atoms with van der Waals surface area (Å²) in [5, 5.41) is 19.1. The molecule has 0 aromatic heterocycles. The molecule has 0 fully saturated rings. The largest absolute Gasteiger partial charge is 0.493 e. The molecule has 1 aromatic rings. The van der Waals surface area contributed by atoms with Gasteiger partial charge in [-0.1, -0.05) is 6.07 Å². The summed E-state index contributed by atoms with van der Waals surface area (Å²) in [7, 11) is 1.53. The average molecular weight is 270 g/mol. The van der Waals surface area contributed by atoms with E-state index in [2.05, 4.69) is 0 Å². The minimum atomic E-state index is -0.680. The van der Waals surface area contributed by atoms with Crippen LogP contribution < -0.4 is 9.47 Å². The smallest absolute Gasteiger partial charge is 0.161 e. The van der Waals surface area contributed by atoms with E-state index in [9.17, 15) is 10.2 Å². The Morgan fingerprint density at radius 1 is 1.16 bits per heavy atom. The van der Waals surface area contributed by atoms with Crippen molar-refractivity contribution in [2.24, 2.45) is 0 Å². The van der Waals surface area contributed by atoms with Crippen molar-refractivity contribution in [3.8, 4) is 11.5 Å². The minimum Gasteiger partial charge on any atom is -0.493 e. The van der Waals surface area contributed by atoms with Crippen LogP contribution in [0, 0.1) is 0 Å². The summed E-state index contributed by atoms with van der Waals surface area (Å²) in [4.78, 5) is 0. The zero-order chi connectivity index (χ0) is 14.3. The fourth-order valence-electron chi connectivity index (χ4n) is 1.55. The van der Waals surface area contributed by atoms with Gasteiger partial charge in [0, 0.05) is 6.61 Å². The topological polar surface area (TPSA) is 68.2 Å². The lowest BCUT2D eigenvalue weighted by atomic mass is 10.1. The van der Waals surface area contributed by atoms with Crippen LogP contribution in [0.25, 0.3) is 0 Å². The lowest BCUT2D eigenvalue weighted by molar-refractivity contribution is 0.0159. The predicted molar refractivity (Wildman–Crippen MR) is 71.6 cm³/mol. The molecule has 108 valence electrons. The zero-order valence-electron chi connectivity index (χ0n) is 11.6. The molecule has 0 saturated heterocycles. The summed E-state index contributed by atoms with van der Waals surface area (Å²) >= 11 is 0. The molecule has 0 spiro atoms. The summed E-state index contributed by atoms with van der Waals surface area (Å²) in [6.07, 6.45) is -1.24. The molecular weight excluding hydrogens is 248 g/mol. The van der Waals surface area contributed by atoms with Gasteiger partial charge in [0.2, 0.25) is 0 Å². The summed E-state index contributed by atoms with van der Waals surface area (Å²) in [5.41, 5.74) is 0.749. The van der Waals surface area contributed by atoms with Crippen molar-refractivity contribution in [2.75, 3.05) is 26.9 Å². The van der Waals surface area contributed by atoms with Crippen LogP contribution in [0.4, 0.5) is 0 Å². The summed E-state index contributed by atoms with van der Waals surface area (Å²) in [6, 6.07) is 5.20. The van der Waals surface area contributed by atoms with Crippen molar-refractivity contribution < 1.29 is 24.4 Å². The molecule has 0 bridgehead atoms. The predicted octanol–water partition coefficient (Wildman–Crippen LogP) is 1.52. The maximum absolute atomic E-state index is 9.62. The van der Waals surface area contributed by atoms with Crippen molar-refractivity contribution in [3.05, 3.63) is 23.8 Å². The average Bonchev–Trinajstić information content (AvgIpc) is 2.42. The number of benzene rings is 1. The highest BCUT2D eigenvalue weighted by Gasteiger charge is 2.11. The van der Waals surface area contributed by atoms with Gasteiger partial charge in [-0.25, -0.2) is 0 Å². The maximum atomic E-state index is 9.62. The van der Waals surface area contributed by atoms with E-state index in [1.54, 1.807) is 25.1 Å². The van der Waals surface area contributed by atoms with E-state index in [1.807, 2.05) is 6.92 Å². The van der Waals surface area contributed by atoms with E-state index < -0.39 is 12.2 Å². The third kappa shape index (κ3) is 5.06. The van der Waals surface area contributed by atoms with Crippen LogP contribution in [0.1, 0.15) is 25.5 Å². The monoisotopic (exact) mass is 270 g/mol. The molecular formula is C14H22O5. The van der Waals surface area contributed by atoms with Gasteiger partial charge >= 0.3 is 0 Å². The van der Waals surface area contributed by atoms with Crippen LogP contribution in [0.15, 0.2) is 18.2 Å². The second-order valence-electron chi connectivity index (χ2n) is 4.21. The molecule has 0 aliphatic heterocycles. The SMILES string of the molecule is CCOCC(O)COc1ccc([C@H](C)O)cc1OC. The molecule has 0 aliphatic carbocycles. The van der Waals surface area contributed by atoms with Gasteiger partial charge in [-0.15, -0.1) is 0 Å². The van der Waals surface area contributed by atoms with E-state index in [1.165, 1.54) is 7.11 Å². The van der Waals surface area contributed by atoms with Crippen LogP contribution in [-0.4, -0.2) is 43.2 Å². The molecule has 0 amide bonds. The molecule has 2 atom stereocenters. The van der Waals surface area contributed by atoms with Gasteiger partial charge in [-0.3, -0.25) is 0 Å². The van der Waals surface area contributed by atoms with Crippen molar-refractivity contribution in [2.45, 2.75) is 26.1 Å². The third-order valence-electron chi connectivity index (χ3n) is 2.62. The highest BCUT2D eigenvalue weighted by molar-refractivity contribution is 5.43. The molecule has 5 nitrogen and oxygen atoms in total. The number of aliphatic hydroxyl groups is 2. The molecule has 0 saturated carbocycles. The fraction of sp³-hybridized carbons (Fsp3) is 0.571. The van der Waals surface area contributed by atoms with Crippen LogP contribution in [0.3, 0.4) is 0 Å². The van der Waals surface area contributed by atoms with Crippen molar-refractivity contribution in [3.63, 3.8) is 0 Å². The first-order valence-corrected chi connectivity index (χ1v) is 6.33. The van der Waals surface area contributed by atoms with E-state index in [0.717, 1.165) is 5.56 Å². The molecule has 1 aromatic carbocycles. The van der Waals surface area contributed by atoms with Crippen molar-refractivity contribution in [1.82, 2.24) is 0 Å². The Labute approximate surface area is 113 Å². The summed E-state index contributed by atoms with van der Waals surface area (Å²) in [5.74, 6) is 1.06. The van der Waals surface area contributed by atoms with Crippen molar-refractivity contribution in [1.29, 1.82) is 0 Å². The zero-order valence-corrected chi connectivity index (χ0v) is 11.6. The lowest BCUT2D eigenvalue weighted by Crippen LogP contribution is -2.23. The Balaban J connectivity index is 2.62. The van der Waals surface area contributed by atoms with Crippen LogP contribution >= 0.6 is 0 Å². The first-order chi connectivity index (χ1) is 9.08. The van der Waals surface area contributed by atoms with E-state index in [4.69, 9.17) is 14.2 Å². The summed E-state index contributed by atoms with van der Waals surface area (Å²) < 4.78 is 15.8. The van der Waals surface area contributed by atoms with Gasteiger partial charge in [-0.05, 0) is 31.5 Å². The first-order valence-electron chi connectivity index (χ1n) is 6.33. The van der Waals surface area contributed by atoms with Gasteiger partial charge in [0.15, 0.2) is 11.5 Å². The van der Waals surface area contributed by atoms with Gasteiger partial charge in [-0.2, -0.15) is 0 Å². The molecule has 0 aliphatic rings. The number of ether oxygens (including phenoxy) is 3. The molecule has 1 rings (SSSR count). The third-order valence-corrected chi connectivity index (χ3v) is 2.62. The highest BCUT2D eigenvalue weighted by atomic mass is 16.5. The Morgan fingerprint density at radius 3 is 2.47 bits per heavy atom. The maximum Gasteiger partial charge on any atom is 0.161 e. The van der Waals surface area contributed by atoms with Gasteiger partial charge < -0.3 is 24.4 Å². The van der Waals surface area contributed by atoms with Crippen LogP contribution in [0.2, 0.25) is 0 Å². The molecule has 1 unspecified atom stereocenters. The second kappa shape index (κ2) is 7.99. The Hall–Kier alpha value is -1.30. The molecule has 0 heterocycles. The number of methoxy groups -OCH3 is 1. The lowest BCUT2D eigenvalue weighted by Gasteiger charge is -2.15. The quantitative estimate of drug-likeness (QED) is 0.749. The van der Waals surface area contributed by atoms with Crippen molar-refractivity contribution >= 4 is 0 Å². The van der Waals surface area contributed by atoms with E-state index in [-0.39, 0.29) is 13.2 Å². The number of aliphatic hydroxyl groups excluding tert-OH is 2. The Kier molecular flexibility index (Phi) is 6.62. The number of hydrogen-bond donors (Lipinski definition) is 2. The highest BCUT2D eigenvalue weighted by Crippen LogP contribution is 2.30. The molecule has 0 radical (unpaired) electrons. The number of rotatable bonds is 8. The Bertz CT molecular complexity index is 378.